The van der Waals surface area contributed by atoms with Crippen molar-refractivity contribution >= 4 is 45.7 Å². The normalized spacial score (nSPS) is 15.0. The number of hydrogen-bond acceptors (Lipinski definition) is 4. The van der Waals surface area contributed by atoms with Crippen LogP contribution < -0.4 is 0 Å². The molecule has 1 aromatic heterocycles. The van der Waals surface area contributed by atoms with Crippen molar-refractivity contribution in [3.05, 3.63) is 28.4 Å². The molecule has 1 saturated heterocycles. The van der Waals surface area contributed by atoms with Crippen molar-refractivity contribution in [3.8, 4) is 0 Å². The Kier molecular flexibility index (Phi) is 4.88. The number of halogens is 1. The molecular weight excluding hydrogens is 402 g/mol. The third-order valence-electron chi connectivity index (χ3n) is 4.08. The van der Waals surface area contributed by atoms with E-state index < -0.39 is 11.6 Å². The van der Waals surface area contributed by atoms with Crippen LogP contribution in [0, 0.1) is 5.92 Å². The number of likely N-dealkylation sites (tertiary alicyclic amines) is 1. The maximum atomic E-state index is 12.0. The van der Waals surface area contributed by atoms with E-state index in [9.17, 15) is 9.59 Å². The number of carbonyl (C=O) groups excluding carboxylic acids is 3. The largest absolute Gasteiger partial charge is 0.633 e. The van der Waals surface area contributed by atoms with E-state index in [1.807, 2.05) is 39.0 Å². The number of rotatable bonds is 3. The highest BCUT2D eigenvalue weighted by molar-refractivity contribution is 9.10. The van der Waals surface area contributed by atoms with Crippen molar-refractivity contribution in [2.75, 3.05) is 13.1 Å². The fourth-order valence-electron chi connectivity index (χ4n) is 2.92. The number of amides is 1. The number of ether oxygens (including phenoxy) is 1. The van der Waals surface area contributed by atoms with Crippen LogP contribution in [0.5, 0.6) is 0 Å². The molecule has 1 aromatic carbocycles. The standard InChI is InChI=1S/C18H21BrN3O4/c1-18(2,3)26-17(24)21-8-11(9-21)10-22-14-6-5-12(19)7-13(14)15(20-22)16(23)25-4/h5-7,11H,4,8-10H2,1-3H3/q+1. The molecule has 0 aliphatic carbocycles. The molecule has 2 heterocycles. The molecule has 0 N–H and O–H groups in total. The van der Waals surface area contributed by atoms with Crippen LogP contribution in [0.4, 0.5) is 4.79 Å². The summed E-state index contributed by atoms with van der Waals surface area (Å²) in [5.41, 5.74) is 0.570. The van der Waals surface area contributed by atoms with Crippen molar-refractivity contribution < 1.29 is 18.8 Å². The molecule has 2 aromatic rings. The number of carbonyl (C=O) groups is 2. The van der Waals surface area contributed by atoms with Crippen molar-refractivity contribution in [1.82, 2.24) is 14.7 Å². The lowest BCUT2D eigenvalue weighted by atomic mass is 10.0. The molecule has 0 saturated carbocycles. The van der Waals surface area contributed by atoms with Gasteiger partial charge in [-0.3, -0.25) is 9.11 Å². The zero-order valence-corrected chi connectivity index (χ0v) is 16.6. The monoisotopic (exact) mass is 422 g/mol. The summed E-state index contributed by atoms with van der Waals surface area (Å²) in [6.45, 7) is 10.5. The maximum absolute atomic E-state index is 12.0. The predicted molar refractivity (Wildman–Crippen MR) is 100 cm³/mol. The van der Waals surface area contributed by atoms with Crippen LogP contribution in [0.2, 0.25) is 0 Å². The Morgan fingerprint density at radius 1 is 1.38 bits per heavy atom. The summed E-state index contributed by atoms with van der Waals surface area (Å²) < 4.78 is 12.6. The fraction of sp³-hybridized carbons (Fsp3) is 0.444. The second-order valence-electron chi connectivity index (χ2n) is 7.38. The van der Waals surface area contributed by atoms with Crippen molar-refractivity contribution in [1.29, 1.82) is 0 Å². The Hall–Kier alpha value is -2.22. The molecule has 0 spiro atoms. The molecule has 3 rings (SSSR count). The highest BCUT2D eigenvalue weighted by Crippen LogP contribution is 2.26. The van der Waals surface area contributed by atoms with E-state index >= 15 is 0 Å². The number of benzene rings is 1. The van der Waals surface area contributed by atoms with Gasteiger partial charge in [-0.25, -0.2) is 4.79 Å². The lowest BCUT2D eigenvalue weighted by molar-refractivity contribution is -0.334. The number of fused-ring (bicyclic) bond motifs is 1. The van der Waals surface area contributed by atoms with E-state index in [0.717, 1.165) is 9.99 Å². The van der Waals surface area contributed by atoms with Gasteiger partial charge in [0.1, 0.15) is 5.60 Å². The SMILES string of the molecule is C=[O+]C(=O)c1nn(CC2CN(C(=O)OC(C)(C)C)C2)c2ccc(Br)cc12. The Bertz CT molecular complexity index is 878. The second kappa shape index (κ2) is 6.83. The van der Waals surface area contributed by atoms with E-state index in [4.69, 9.17) is 4.74 Å². The highest BCUT2D eigenvalue weighted by Gasteiger charge is 2.35. The quantitative estimate of drug-likeness (QED) is 0.711. The molecule has 138 valence electrons. The molecule has 1 aliphatic rings. The van der Waals surface area contributed by atoms with Gasteiger partial charge in [-0.05, 0) is 39.0 Å². The van der Waals surface area contributed by atoms with Gasteiger partial charge in [0, 0.05) is 35.4 Å². The molecule has 1 amide bonds. The third-order valence-corrected chi connectivity index (χ3v) is 4.57. The zero-order chi connectivity index (χ0) is 19.1. The van der Waals surface area contributed by atoms with Crippen LogP contribution >= 0.6 is 15.9 Å². The summed E-state index contributed by atoms with van der Waals surface area (Å²) in [5.74, 6) is -0.325. The Morgan fingerprint density at radius 3 is 2.69 bits per heavy atom. The van der Waals surface area contributed by atoms with E-state index in [2.05, 4.69) is 32.2 Å². The lowest BCUT2D eigenvalue weighted by Gasteiger charge is -2.39. The topological polar surface area (TPSA) is 75.7 Å². The average molecular weight is 423 g/mol. The first kappa shape index (κ1) is 18.6. The second-order valence-corrected chi connectivity index (χ2v) is 8.29. The Labute approximate surface area is 159 Å². The van der Waals surface area contributed by atoms with E-state index in [1.165, 1.54) is 0 Å². The summed E-state index contributed by atoms with van der Waals surface area (Å²) in [5, 5.41) is 5.10. The van der Waals surface area contributed by atoms with Gasteiger partial charge in [-0.15, -0.1) is 0 Å². The minimum Gasteiger partial charge on any atom is -0.444 e. The Balaban J connectivity index is 1.74. The van der Waals surface area contributed by atoms with Crippen LogP contribution in [0.3, 0.4) is 0 Å². The molecule has 1 fully saturated rings. The smallest absolute Gasteiger partial charge is 0.444 e. The predicted octanol–water partition coefficient (Wildman–Crippen LogP) is 3.17. The molecule has 26 heavy (non-hydrogen) atoms. The molecule has 1 aliphatic heterocycles. The summed E-state index contributed by atoms with van der Waals surface area (Å²) in [6, 6.07) is 5.63. The Morgan fingerprint density at radius 2 is 2.08 bits per heavy atom. The van der Waals surface area contributed by atoms with Crippen LogP contribution in [0.25, 0.3) is 10.9 Å². The molecule has 0 bridgehead atoms. The molecular formula is C18H21BrN3O4+. The van der Waals surface area contributed by atoms with Crippen molar-refractivity contribution in [2.24, 2.45) is 5.92 Å². The van der Waals surface area contributed by atoms with E-state index in [-0.39, 0.29) is 17.7 Å². The summed E-state index contributed by atoms with van der Waals surface area (Å²) in [4.78, 5) is 25.6. The number of hydrogen-bond donors (Lipinski definition) is 0. The van der Waals surface area contributed by atoms with Gasteiger partial charge in [0.2, 0.25) is 5.69 Å². The highest BCUT2D eigenvalue weighted by atomic mass is 79.9. The first-order valence-electron chi connectivity index (χ1n) is 8.28. The lowest BCUT2D eigenvalue weighted by Crippen LogP contribution is -2.52. The third kappa shape index (κ3) is 3.80. The summed E-state index contributed by atoms with van der Waals surface area (Å²) in [7, 11) is 0. The number of aromatic nitrogens is 2. The van der Waals surface area contributed by atoms with Crippen molar-refractivity contribution in [2.45, 2.75) is 32.9 Å². The van der Waals surface area contributed by atoms with Crippen LogP contribution in [0.15, 0.2) is 22.7 Å². The van der Waals surface area contributed by atoms with Gasteiger partial charge in [0.15, 0.2) is 6.79 Å². The minimum absolute atomic E-state index is 0.236. The molecule has 0 atom stereocenters. The first-order valence-corrected chi connectivity index (χ1v) is 9.07. The van der Waals surface area contributed by atoms with Gasteiger partial charge in [-0.1, -0.05) is 15.9 Å². The molecule has 8 heteroatoms. The minimum atomic E-state index is -0.573. The van der Waals surface area contributed by atoms with Crippen molar-refractivity contribution in [3.63, 3.8) is 0 Å². The summed E-state index contributed by atoms with van der Waals surface area (Å²) >= 11 is 3.41. The van der Waals surface area contributed by atoms with Crippen LogP contribution in [-0.4, -0.2) is 52.2 Å². The molecule has 0 unspecified atom stereocenters. The van der Waals surface area contributed by atoms with Gasteiger partial charge < -0.3 is 9.64 Å². The average Bonchev–Trinajstić information content (AvgIpc) is 2.85. The van der Waals surface area contributed by atoms with Gasteiger partial charge in [0.25, 0.3) is 0 Å². The maximum Gasteiger partial charge on any atom is 0.633 e. The van der Waals surface area contributed by atoms with Gasteiger partial charge in [0.05, 0.1) is 10.3 Å². The van der Waals surface area contributed by atoms with Crippen LogP contribution in [0.1, 0.15) is 31.3 Å². The van der Waals surface area contributed by atoms with Gasteiger partial charge >= 0.3 is 12.1 Å². The number of nitrogens with zero attached hydrogens (tertiary/aromatic N) is 3. The zero-order valence-electron chi connectivity index (χ0n) is 15.0. The van der Waals surface area contributed by atoms with Gasteiger partial charge in [-0.2, -0.15) is 5.10 Å². The van der Waals surface area contributed by atoms with Crippen LogP contribution in [-0.2, 0) is 15.7 Å². The molecule has 0 radical (unpaired) electrons. The fourth-order valence-corrected chi connectivity index (χ4v) is 3.28. The van der Waals surface area contributed by atoms with E-state index in [1.54, 1.807) is 9.58 Å². The first-order chi connectivity index (χ1) is 12.2. The molecule has 7 nitrogen and oxygen atoms in total. The van der Waals surface area contributed by atoms with E-state index in [0.29, 0.717) is 25.0 Å². The summed E-state index contributed by atoms with van der Waals surface area (Å²) in [6.07, 6.45) is -0.302.